The molecule has 2 aromatic rings. The lowest BCUT2D eigenvalue weighted by Gasteiger charge is -2.34. The van der Waals surface area contributed by atoms with E-state index in [0.717, 1.165) is 43.9 Å². The Morgan fingerprint density at radius 1 is 1.46 bits per heavy atom. The van der Waals surface area contributed by atoms with Gasteiger partial charge in [0.15, 0.2) is 5.82 Å². The summed E-state index contributed by atoms with van der Waals surface area (Å²) in [5, 5.41) is 4.41. The fourth-order valence-corrected chi connectivity index (χ4v) is 3.36. The predicted molar refractivity (Wildman–Crippen MR) is 93.0 cm³/mol. The van der Waals surface area contributed by atoms with E-state index in [1.54, 1.807) is 17.1 Å². The SMILES string of the molecule is CCc1c(C(=O)N2CCC[C@H]([C@@H](C)N)C2)cnn1-c1ccccn1. The lowest BCUT2D eigenvalue weighted by atomic mass is 9.92. The molecule has 3 rings (SSSR count). The second-order valence-electron chi connectivity index (χ2n) is 6.47. The second-order valence-corrected chi connectivity index (χ2v) is 6.47. The highest BCUT2D eigenvalue weighted by atomic mass is 16.2. The number of rotatable bonds is 4. The number of hydrogen-bond donors (Lipinski definition) is 1. The number of amides is 1. The molecule has 2 atom stereocenters. The van der Waals surface area contributed by atoms with Gasteiger partial charge >= 0.3 is 0 Å². The van der Waals surface area contributed by atoms with E-state index in [4.69, 9.17) is 5.73 Å². The van der Waals surface area contributed by atoms with E-state index in [-0.39, 0.29) is 11.9 Å². The zero-order valence-corrected chi connectivity index (χ0v) is 14.4. The Hall–Kier alpha value is -2.21. The zero-order chi connectivity index (χ0) is 17.1. The van der Waals surface area contributed by atoms with E-state index in [0.29, 0.717) is 11.5 Å². The number of pyridine rings is 1. The van der Waals surface area contributed by atoms with Gasteiger partial charge in [-0.05, 0) is 44.2 Å². The maximum Gasteiger partial charge on any atom is 0.257 e. The third kappa shape index (κ3) is 3.19. The molecule has 0 saturated carbocycles. The number of aromatic nitrogens is 3. The molecule has 1 aliphatic rings. The molecule has 0 radical (unpaired) electrons. The molecule has 6 heteroatoms. The maximum absolute atomic E-state index is 13.0. The average molecular weight is 327 g/mol. The maximum atomic E-state index is 13.0. The number of nitrogens with zero attached hydrogens (tertiary/aromatic N) is 4. The molecule has 2 N–H and O–H groups in total. The van der Waals surface area contributed by atoms with Gasteiger partial charge < -0.3 is 10.6 Å². The number of carbonyl (C=O) groups excluding carboxylic acids is 1. The molecule has 128 valence electrons. The lowest BCUT2D eigenvalue weighted by molar-refractivity contribution is 0.0660. The Labute approximate surface area is 142 Å². The first kappa shape index (κ1) is 16.6. The molecule has 1 aliphatic heterocycles. The van der Waals surface area contributed by atoms with Crippen molar-refractivity contribution in [3.8, 4) is 5.82 Å². The standard InChI is InChI=1S/C18H25N5O/c1-3-16-15(11-21-23(16)17-8-4-5-9-20-17)18(24)22-10-6-7-14(12-22)13(2)19/h4-5,8-9,11,13-14H,3,6-7,10,12,19H2,1-2H3/t13-,14+/m1/s1. The van der Waals surface area contributed by atoms with Crippen LogP contribution in [-0.2, 0) is 6.42 Å². The van der Waals surface area contributed by atoms with Crippen LogP contribution in [0.15, 0.2) is 30.6 Å². The minimum atomic E-state index is 0.0550. The molecule has 0 spiro atoms. The minimum Gasteiger partial charge on any atom is -0.338 e. The van der Waals surface area contributed by atoms with E-state index in [1.807, 2.05) is 36.9 Å². The van der Waals surface area contributed by atoms with E-state index < -0.39 is 0 Å². The number of hydrogen-bond acceptors (Lipinski definition) is 4. The van der Waals surface area contributed by atoms with Gasteiger partial charge in [-0.2, -0.15) is 5.10 Å². The van der Waals surface area contributed by atoms with Gasteiger partial charge in [-0.15, -0.1) is 0 Å². The average Bonchev–Trinajstić information content (AvgIpc) is 3.05. The van der Waals surface area contributed by atoms with Crippen LogP contribution >= 0.6 is 0 Å². The van der Waals surface area contributed by atoms with Crippen LogP contribution in [0.25, 0.3) is 5.82 Å². The van der Waals surface area contributed by atoms with Gasteiger partial charge in [-0.25, -0.2) is 9.67 Å². The van der Waals surface area contributed by atoms with Gasteiger partial charge in [-0.1, -0.05) is 13.0 Å². The summed E-state index contributed by atoms with van der Waals surface area (Å²) in [6, 6.07) is 5.80. The van der Waals surface area contributed by atoms with Crippen molar-refractivity contribution in [1.82, 2.24) is 19.7 Å². The van der Waals surface area contributed by atoms with E-state index in [2.05, 4.69) is 10.1 Å². The van der Waals surface area contributed by atoms with Crippen LogP contribution < -0.4 is 5.73 Å². The molecule has 0 bridgehead atoms. The summed E-state index contributed by atoms with van der Waals surface area (Å²) in [6.45, 7) is 5.58. The van der Waals surface area contributed by atoms with E-state index >= 15 is 0 Å². The molecule has 0 aromatic carbocycles. The summed E-state index contributed by atoms with van der Waals surface area (Å²) < 4.78 is 1.76. The highest BCUT2D eigenvalue weighted by Gasteiger charge is 2.28. The van der Waals surface area contributed by atoms with Gasteiger partial charge in [-0.3, -0.25) is 4.79 Å². The highest BCUT2D eigenvalue weighted by molar-refractivity contribution is 5.95. The van der Waals surface area contributed by atoms with Crippen LogP contribution in [0.1, 0.15) is 42.7 Å². The number of likely N-dealkylation sites (tertiary alicyclic amines) is 1. The van der Waals surface area contributed by atoms with E-state index in [9.17, 15) is 4.79 Å². The summed E-state index contributed by atoms with van der Waals surface area (Å²) in [5.74, 6) is 1.17. The van der Waals surface area contributed by atoms with Crippen molar-refractivity contribution in [1.29, 1.82) is 0 Å². The lowest BCUT2D eigenvalue weighted by Crippen LogP contribution is -2.45. The second kappa shape index (κ2) is 7.13. The number of nitrogens with two attached hydrogens (primary N) is 1. The third-order valence-electron chi connectivity index (χ3n) is 4.79. The number of piperidine rings is 1. The molecular weight excluding hydrogens is 302 g/mol. The molecule has 2 aromatic heterocycles. The van der Waals surface area contributed by atoms with Crippen molar-refractivity contribution in [3.63, 3.8) is 0 Å². The van der Waals surface area contributed by atoms with Crippen molar-refractivity contribution >= 4 is 5.91 Å². The van der Waals surface area contributed by atoms with Crippen molar-refractivity contribution in [2.24, 2.45) is 11.7 Å². The van der Waals surface area contributed by atoms with E-state index in [1.165, 1.54) is 0 Å². The summed E-state index contributed by atoms with van der Waals surface area (Å²) in [4.78, 5) is 19.3. The Bertz CT molecular complexity index is 695. The monoisotopic (exact) mass is 327 g/mol. The van der Waals surface area contributed by atoms with Crippen LogP contribution in [0.2, 0.25) is 0 Å². The normalized spacial score (nSPS) is 19.3. The quantitative estimate of drug-likeness (QED) is 0.932. The summed E-state index contributed by atoms with van der Waals surface area (Å²) in [6.07, 6.45) is 6.23. The molecule has 0 unspecified atom stereocenters. The smallest absolute Gasteiger partial charge is 0.257 e. The Balaban J connectivity index is 1.87. The van der Waals surface area contributed by atoms with Crippen LogP contribution in [0.4, 0.5) is 0 Å². The topological polar surface area (TPSA) is 77.0 Å². The summed E-state index contributed by atoms with van der Waals surface area (Å²) in [7, 11) is 0. The van der Waals surface area contributed by atoms with Crippen LogP contribution in [-0.4, -0.2) is 44.7 Å². The van der Waals surface area contributed by atoms with Crippen molar-refractivity contribution in [3.05, 3.63) is 41.9 Å². The Kier molecular flexibility index (Phi) is 4.94. The van der Waals surface area contributed by atoms with Crippen LogP contribution in [0.3, 0.4) is 0 Å². The van der Waals surface area contributed by atoms with Crippen LogP contribution in [0, 0.1) is 5.92 Å². The first-order chi connectivity index (χ1) is 11.6. The van der Waals surface area contributed by atoms with Crippen LogP contribution in [0.5, 0.6) is 0 Å². The summed E-state index contributed by atoms with van der Waals surface area (Å²) in [5.41, 5.74) is 7.62. The first-order valence-corrected chi connectivity index (χ1v) is 8.65. The first-order valence-electron chi connectivity index (χ1n) is 8.65. The number of carbonyl (C=O) groups is 1. The van der Waals surface area contributed by atoms with Gasteiger partial charge in [0.05, 0.1) is 17.5 Å². The zero-order valence-electron chi connectivity index (χ0n) is 14.4. The Morgan fingerprint density at radius 3 is 2.96 bits per heavy atom. The molecule has 1 amide bonds. The molecular formula is C18H25N5O. The molecule has 1 saturated heterocycles. The molecule has 24 heavy (non-hydrogen) atoms. The highest BCUT2D eigenvalue weighted by Crippen LogP contribution is 2.22. The molecule has 6 nitrogen and oxygen atoms in total. The van der Waals surface area contributed by atoms with Gasteiger partial charge in [0.25, 0.3) is 5.91 Å². The van der Waals surface area contributed by atoms with Gasteiger partial charge in [0.1, 0.15) is 0 Å². The third-order valence-corrected chi connectivity index (χ3v) is 4.79. The molecule has 3 heterocycles. The van der Waals surface area contributed by atoms with Crippen molar-refractivity contribution < 1.29 is 4.79 Å². The Morgan fingerprint density at radius 2 is 2.29 bits per heavy atom. The van der Waals surface area contributed by atoms with Crippen molar-refractivity contribution in [2.75, 3.05) is 13.1 Å². The molecule has 0 aliphatic carbocycles. The largest absolute Gasteiger partial charge is 0.338 e. The van der Waals surface area contributed by atoms with Crippen molar-refractivity contribution in [2.45, 2.75) is 39.2 Å². The van der Waals surface area contributed by atoms with Gasteiger partial charge in [0.2, 0.25) is 0 Å². The molecule has 1 fully saturated rings. The minimum absolute atomic E-state index is 0.0550. The van der Waals surface area contributed by atoms with Gasteiger partial charge in [0, 0.05) is 25.3 Å². The predicted octanol–water partition coefficient (Wildman–Crippen LogP) is 2.03. The fraction of sp³-hybridized carbons (Fsp3) is 0.500. The fourth-order valence-electron chi connectivity index (χ4n) is 3.36. The summed E-state index contributed by atoms with van der Waals surface area (Å²) >= 11 is 0.